The lowest BCUT2D eigenvalue weighted by Crippen LogP contribution is -2.05. The predicted molar refractivity (Wildman–Crippen MR) is 92.8 cm³/mol. The fourth-order valence-corrected chi connectivity index (χ4v) is 2.84. The molecule has 4 rings (SSSR count). The van der Waals surface area contributed by atoms with Crippen LogP contribution in [0.5, 0.6) is 0 Å². The molecular weight excluding hydrogens is 358 g/mol. The largest absolute Gasteiger partial charge is 0.252 e. The smallest absolute Gasteiger partial charge is 0.228 e. The molecule has 134 valence electrons. The van der Waals surface area contributed by atoms with Crippen molar-refractivity contribution in [1.82, 2.24) is 15.0 Å². The first-order chi connectivity index (χ1) is 13.0. The standard InChI is InChI=1S/C20H11F4N3/c1-10-7-8-12-13(9-10)25-20(11-5-3-2-4-6-11)26-17(12)14-15(21)18(23)27-19(24)16(14)22/h2-9H,1H3. The van der Waals surface area contributed by atoms with Crippen molar-refractivity contribution < 1.29 is 17.6 Å². The molecular formula is C20H11F4N3. The number of hydrogen-bond donors (Lipinski definition) is 0. The van der Waals surface area contributed by atoms with E-state index in [1.165, 1.54) is 0 Å². The Bertz CT molecular complexity index is 1150. The number of aryl methyl sites for hydroxylation is 1. The summed E-state index contributed by atoms with van der Waals surface area (Å²) < 4.78 is 56.0. The van der Waals surface area contributed by atoms with Crippen LogP contribution in [0.25, 0.3) is 33.5 Å². The van der Waals surface area contributed by atoms with Crippen LogP contribution in [0.3, 0.4) is 0 Å². The van der Waals surface area contributed by atoms with Crippen molar-refractivity contribution in [1.29, 1.82) is 0 Å². The molecule has 0 atom stereocenters. The minimum absolute atomic E-state index is 0.181. The summed E-state index contributed by atoms with van der Waals surface area (Å²) in [4.78, 5) is 11.3. The third-order valence-corrected chi connectivity index (χ3v) is 4.12. The van der Waals surface area contributed by atoms with Gasteiger partial charge in [0.25, 0.3) is 11.9 Å². The maximum absolute atomic E-state index is 14.4. The lowest BCUT2D eigenvalue weighted by molar-refractivity contribution is 0.410. The first-order valence-corrected chi connectivity index (χ1v) is 8.00. The highest BCUT2D eigenvalue weighted by atomic mass is 19.2. The highest BCUT2D eigenvalue weighted by molar-refractivity contribution is 5.94. The molecule has 2 heterocycles. The van der Waals surface area contributed by atoms with Crippen LogP contribution in [-0.4, -0.2) is 15.0 Å². The number of rotatable bonds is 2. The Morgan fingerprint density at radius 3 is 2.07 bits per heavy atom. The van der Waals surface area contributed by atoms with Crippen LogP contribution in [0.15, 0.2) is 48.5 Å². The SMILES string of the molecule is Cc1ccc2c(-c3c(F)c(F)nc(F)c3F)nc(-c3ccccc3)nc2c1. The van der Waals surface area contributed by atoms with Gasteiger partial charge in [-0.05, 0) is 18.6 Å². The Balaban J connectivity index is 2.12. The maximum atomic E-state index is 14.4. The van der Waals surface area contributed by atoms with Crippen LogP contribution in [0.2, 0.25) is 0 Å². The lowest BCUT2D eigenvalue weighted by atomic mass is 10.0. The van der Waals surface area contributed by atoms with Gasteiger partial charge in [-0.25, -0.2) is 18.7 Å². The number of aromatic nitrogens is 3. The van der Waals surface area contributed by atoms with Gasteiger partial charge in [0.1, 0.15) is 0 Å². The van der Waals surface area contributed by atoms with E-state index in [1.54, 1.807) is 48.5 Å². The van der Waals surface area contributed by atoms with E-state index in [0.717, 1.165) is 5.56 Å². The Kier molecular flexibility index (Phi) is 4.07. The third kappa shape index (κ3) is 2.91. The molecule has 0 bridgehead atoms. The molecule has 0 spiro atoms. The first kappa shape index (κ1) is 17.1. The van der Waals surface area contributed by atoms with Crippen molar-refractivity contribution in [3.05, 3.63) is 77.6 Å². The van der Waals surface area contributed by atoms with Crippen LogP contribution in [0.4, 0.5) is 17.6 Å². The van der Waals surface area contributed by atoms with E-state index in [0.29, 0.717) is 11.1 Å². The molecule has 0 fully saturated rings. The summed E-state index contributed by atoms with van der Waals surface area (Å²) in [5.74, 6) is -6.49. The Labute approximate surface area is 151 Å². The van der Waals surface area contributed by atoms with Crippen LogP contribution < -0.4 is 0 Å². The Morgan fingerprint density at radius 2 is 1.41 bits per heavy atom. The molecule has 3 nitrogen and oxygen atoms in total. The van der Waals surface area contributed by atoms with Crippen molar-refractivity contribution >= 4 is 10.9 Å². The predicted octanol–water partition coefficient (Wildman–Crippen LogP) is 5.22. The van der Waals surface area contributed by atoms with E-state index in [2.05, 4.69) is 15.0 Å². The minimum atomic E-state index is -1.73. The first-order valence-electron chi connectivity index (χ1n) is 8.00. The zero-order valence-corrected chi connectivity index (χ0v) is 14.0. The summed E-state index contributed by atoms with van der Waals surface area (Å²) in [5.41, 5.74) is 0.704. The third-order valence-electron chi connectivity index (χ3n) is 4.12. The lowest BCUT2D eigenvalue weighted by Gasteiger charge is -2.11. The van der Waals surface area contributed by atoms with Gasteiger partial charge in [0.15, 0.2) is 17.5 Å². The number of hydrogen-bond acceptors (Lipinski definition) is 3. The van der Waals surface area contributed by atoms with Crippen molar-refractivity contribution in [3.8, 4) is 22.6 Å². The van der Waals surface area contributed by atoms with Crippen LogP contribution in [0, 0.1) is 30.5 Å². The van der Waals surface area contributed by atoms with Gasteiger partial charge in [-0.2, -0.15) is 13.8 Å². The average Bonchev–Trinajstić information content (AvgIpc) is 2.67. The van der Waals surface area contributed by atoms with E-state index in [9.17, 15) is 17.6 Å². The summed E-state index contributed by atoms with van der Waals surface area (Å²) in [6, 6.07) is 13.7. The zero-order chi connectivity index (χ0) is 19.1. The summed E-state index contributed by atoms with van der Waals surface area (Å²) in [5, 5.41) is 0.267. The maximum Gasteiger partial charge on any atom is 0.252 e. The second-order valence-corrected chi connectivity index (χ2v) is 5.98. The van der Waals surface area contributed by atoms with Crippen molar-refractivity contribution in [3.63, 3.8) is 0 Å². The van der Waals surface area contributed by atoms with Crippen molar-refractivity contribution in [2.45, 2.75) is 6.92 Å². The molecule has 2 aromatic heterocycles. The second kappa shape index (κ2) is 6.42. The van der Waals surface area contributed by atoms with Gasteiger partial charge in [-0.3, -0.25) is 0 Å². The Morgan fingerprint density at radius 1 is 0.741 bits per heavy atom. The molecule has 0 N–H and O–H groups in total. The summed E-state index contributed by atoms with van der Waals surface area (Å²) >= 11 is 0. The van der Waals surface area contributed by atoms with Gasteiger partial charge in [0.05, 0.1) is 16.8 Å². The van der Waals surface area contributed by atoms with Gasteiger partial charge in [-0.1, -0.05) is 42.5 Å². The van der Waals surface area contributed by atoms with Gasteiger partial charge < -0.3 is 0 Å². The summed E-state index contributed by atoms with van der Waals surface area (Å²) in [7, 11) is 0. The topological polar surface area (TPSA) is 38.7 Å². The second-order valence-electron chi connectivity index (χ2n) is 5.98. The molecule has 0 aliphatic rings. The average molecular weight is 369 g/mol. The molecule has 0 unspecified atom stereocenters. The van der Waals surface area contributed by atoms with E-state index in [-0.39, 0.29) is 16.9 Å². The molecule has 0 saturated heterocycles. The molecule has 27 heavy (non-hydrogen) atoms. The van der Waals surface area contributed by atoms with Crippen molar-refractivity contribution in [2.75, 3.05) is 0 Å². The van der Waals surface area contributed by atoms with E-state index in [4.69, 9.17) is 0 Å². The Hall–Kier alpha value is -3.35. The molecule has 4 aromatic rings. The van der Waals surface area contributed by atoms with Crippen molar-refractivity contribution in [2.24, 2.45) is 0 Å². The normalized spacial score (nSPS) is 11.1. The molecule has 2 aromatic carbocycles. The fourth-order valence-electron chi connectivity index (χ4n) is 2.84. The number of halogens is 4. The van der Waals surface area contributed by atoms with Gasteiger partial charge in [0.2, 0.25) is 0 Å². The van der Waals surface area contributed by atoms with E-state index < -0.39 is 29.1 Å². The highest BCUT2D eigenvalue weighted by Crippen LogP contribution is 2.33. The fraction of sp³-hybridized carbons (Fsp3) is 0.0500. The number of benzene rings is 2. The van der Waals surface area contributed by atoms with Gasteiger partial charge in [-0.15, -0.1) is 0 Å². The molecule has 0 saturated carbocycles. The van der Waals surface area contributed by atoms with Gasteiger partial charge in [0, 0.05) is 10.9 Å². The highest BCUT2D eigenvalue weighted by Gasteiger charge is 2.25. The minimum Gasteiger partial charge on any atom is -0.228 e. The number of pyridine rings is 1. The molecule has 0 aliphatic heterocycles. The molecule has 0 radical (unpaired) electrons. The van der Waals surface area contributed by atoms with Crippen LogP contribution in [0.1, 0.15) is 5.56 Å². The molecule has 0 amide bonds. The summed E-state index contributed by atoms with van der Waals surface area (Å²) in [6.07, 6.45) is 0. The quantitative estimate of drug-likeness (QED) is 0.359. The summed E-state index contributed by atoms with van der Waals surface area (Å²) in [6.45, 7) is 1.83. The number of fused-ring (bicyclic) bond motifs is 1. The van der Waals surface area contributed by atoms with Gasteiger partial charge >= 0.3 is 0 Å². The zero-order valence-electron chi connectivity index (χ0n) is 14.0. The molecule has 0 aliphatic carbocycles. The monoisotopic (exact) mass is 369 g/mol. The van der Waals surface area contributed by atoms with Crippen LogP contribution in [-0.2, 0) is 0 Å². The molecule has 7 heteroatoms. The van der Waals surface area contributed by atoms with E-state index >= 15 is 0 Å². The number of nitrogens with zero attached hydrogens (tertiary/aromatic N) is 3. The van der Waals surface area contributed by atoms with E-state index in [1.807, 2.05) is 6.92 Å². The van der Waals surface area contributed by atoms with Crippen LogP contribution >= 0.6 is 0 Å².